The van der Waals surface area contributed by atoms with Crippen molar-refractivity contribution in [2.45, 2.75) is 76.0 Å². The van der Waals surface area contributed by atoms with E-state index in [-0.39, 0.29) is 12.5 Å². The van der Waals surface area contributed by atoms with Gasteiger partial charge < -0.3 is 20.9 Å². The summed E-state index contributed by atoms with van der Waals surface area (Å²) in [4.78, 5) is 19.8. The Labute approximate surface area is 223 Å². The van der Waals surface area contributed by atoms with E-state index in [1.165, 1.54) is 12.8 Å². The van der Waals surface area contributed by atoms with Gasteiger partial charge in [0.2, 0.25) is 0 Å². The molecule has 3 fully saturated rings. The molecule has 38 heavy (non-hydrogen) atoms. The van der Waals surface area contributed by atoms with E-state index >= 15 is 4.39 Å². The molecule has 0 radical (unpaired) electrons. The monoisotopic (exact) mass is 519 g/mol. The second kappa shape index (κ2) is 10.2. The Morgan fingerprint density at radius 1 is 1.11 bits per heavy atom. The summed E-state index contributed by atoms with van der Waals surface area (Å²) in [5.41, 5.74) is 2.92. The summed E-state index contributed by atoms with van der Waals surface area (Å²) in [6.45, 7) is 3.73. The van der Waals surface area contributed by atoms with Crippen LogP contribution in [0.2, 0.25) is 0 Å². The summed E-state index contributed by atoms with van der Waals surface area (Å²) in [5, 5.41) is 14.7. The molecule has 0 spiro atoms. The first-order chi connectivity index (χ1) is 18.4. The van der Waals surface area contributed by atoms with Gasteiger partial charge in [-0.05, 0) is 69.7 Å². The van der Waals surface area contributed by atoms with Crippen LogP contribution in [-0.2, 0) is 0 Å². The van der Waals surface area contributed by atoms with Crippen LogP contribution in [0.1, 0.15) is 67.3 Å². The third kappa shape index (κ3) is 5.34. The number of amides is 1. The van der Waals surface area contributed by atoms with E-state index in [0.29, 0.717) is 36.1 Å². The second-order valence-electron chi connectivity index (χ2n) is 11.5. The Morgan fingerprint density at radius 3 is 2.58 bits per heavy atom. The van der Waals surface area contributed by atoms with Crippen LogP contribution < -0.4 is 16.0 Å². The molecule has 2 aliphatic carbocycles. The van der Waals surface area contributed by atoms with Gasteiger partial charge in [-0.25, -0.2) is 9.37 Å². The molecule has 9 heteroatoms. The highest BCUT2D eigenvalue weighted by atomic mass is 19.1. The van der Waals surface area contributed by atoms with Crippen LogP contribution in [0.4, 0.5) is 16.0 Å². The molecular formula is C29H38FN7O. The number of hydrogen-bond acceptors (Lipinski definition) is 6. The van der Waals surface area contributed by atoms with Crippen LogP contribution in [0.3, 0.4) is 0 Å². The fourth-order valence-corrected chi connectivity index (χ4v) is 5.67. The number of carbonyl (C=O) groups is 1. The van der Waals surface area contributed by atoms with Crippen LogP contribution in [-0.4, -0.2) is 69.8 Å². The zero-order valence-corrected chi connectivity index (χ0v) is 22.4. The molecule has 0 atom stereocenters. The van der Waals surface area contributed by atoms with Crippen molar-refractivity contribution in [3.8, 4) is 11.1 Å². The van der Waals surface area contributed by atoms with Crippen LogP contribution in [0.15, 0.2) is 30.5 Å². The van der Waals surface area contributed by atoms with Gasteiger partial charge in [-0.15, -0.1) is 0 Å². The van der Waals surface area contributed by atoms with Gasteiger partial charge in [0, 0.05) is 42.4 Å². The van der Waals surface area contributed by atoms with E-state index in [1.807, 2.05) is 44.4 Å². The van der Waals surface area contributed by atoms with Crippen molar-refractivity contribution in [1.82, 2.24) is 24.8 Å². The van der Waals surface area contributed by atoms with Crippen LogP contribution in [0, 0.1) is 6.92 Å². The molecular weight excluding hydrogens is 481 g/mol. The molecule has 202 valence electrons. The largest absolute Gasteiger partial charge is 0.367 e. The molecule has 3 heterocycles. The molecule has 2 aromatic heterocycles. The molecule has 1 saturated heterocycles. The Morgan fingerprint density at radius 2 is 1.87 bits per heavy atom. The fourth-order valence-electron chi connectivity index (χ4n) is 5.67. The molecule has 1 aromatic carbocycles. The molecule has 1 amide bonds. The molecule has 8 nitrogen and oxygen atoms in total. The third-order valence-electron chi connectivity index (χ3n) is 8.34. The summed E-state index contributed by atoms with van der Waals surface area (Å²) in [6, 6.07) is 8.56. The lowest BCUT2D eigenvalue weighted by atomic mass is 9.93. The van der Waals surface area contributed by atoms with Crippen molar-refractivity contribution in [3.05, 3.63) is 41.6 Å². The lowest BCUT2D eigenvalue weighted by Crippen LogP contribution is -2.44. The van der Waals surface area contributed by atoms with Gasteiger partial charge >= 0.3 is 0 Å². The number of alkyl halides is 1. The highest BCUT2D eigenvalue weighted by molar-refractivity contribution is 5.97. The number of piperidine rings is 1. The van der Waals surface area contributed by atoms with Crippen molar-refractivity contribution < 1.29 is 9.18 Å². The fraction of sp³-hybridized carbons (Fsp3) is 0.552. The van der Waals surface area contributed by atoms with Crippen LogP contribution in [0.5, 0.6) is 0 Å². The lowest BCUT2D eigenvalue weighted by Gasteiger charge is -2.34. The summed E-state index contributed by atoms with van der Waals surface area (Å²) < 4.78 is 17.4. The number of halogens is 1. The number of nitrogens with one attached hydrogen (secondary N) is 3. The molecule has 1 aliphatic heterocycles. The van der Waals surface area contributed by atoms with E-state index in [9.17, 15) is 4.79 Å². The topological polar surface area (TPSA) is 86.6 Å². The molecule has 6 rings (SSSR count). The van der Waals surface area contributed by atoms with Crippen LogP contribution in [0.25, 0.3) is 16.8 Å². The lowest BCUT2D eigenvalue weighted by molar-refractivity contribution is 0.0811. The Kier molecular flexibility index (Phi) is 6.72. The maximum absolute atomic E-state index is 15.6. The number of fused-ring (bicyclic) bond motifs is 1. The number of aryl methyl sites for hydroxylation is 1. The molecule has 3 N–H and O–H groups in total. The maximum Gasteiger partial charge on any atom is 0.251 e. The highest BCUT2D eigenvalue weighted by Gasteiger charge is 2.33. The number of hydrogen-bond donors (Lipinski definition) is 3. The van der Waals surface area contributed by atoms with Gasteiger partial charge in [0.15, 0.2) is 5.65 Å². The first-order valence-electron chi connectivity index (χ1n) is 14.1. The smallest absolute Gasteiger partial charge is 0.251 e. The van der Waals surface area contributed by atoms with E-state index in [2.05, 4.69) is 25.9 Å². The number of rotatable bonds is 8. The van der Waals surface area contributed by atoms with Gasteiger partial charge in [-0.2, -0.15) is 9.61 Å². The normalized spacial score (nSPS) is 20.1. The number of aromatic nitrogens is 3. The Bertz CT molecular complexity index is 1320. The predicted octanol–water partition coefficient (Wildman–Crippen LogP) is 4.80. The van der Waals surface area contributed by atoms with Gasteiger partial charge in [0.1, 0.15) is 17.3 Å². The number of nitrogens with zero attached hydrogens (tertiary/aromatic N) is 4. The van der Waals surface area contributed by atoms with Gasteiger partial charge in [-0.1, -0.05) is 25.0 Å². The SMILES string of the molecule is Cc1cc(-c2cnn3c(NCC4(F)CCN(C)CC4)cc(NC4CCCC4)nc23)ccc1C(=O)NC1CC1. The molecule has 0 bridgehead atoms. The van der Waals surface area contributed by atoms with E-state index in [4.69, 9.17) is 4.98 Å². The van der Waals surface area contributed by atoms with Crippen molar-refractivity contribution in [2.24, 2.45) is 0 Å². The molecule has 3 aliphatic rings. The number of likely N-dealkylation sites (tertiary alicyclic amines) is 1. The quantitative estimate of drug-likeness (QED) is 0.397. The highest BCUT2D eigenvalue weighted by Crippen LogP contribution is 2.32. The van der Waals surface area contributed by atoms with Gasteiger partial charge in [0.25, 0.3) is 5.91 Å². The van der Waals surface area contributed by atoms with Crippen LogP contribution >= 0.6 is 0 Å². The van der Waals surface area contributed by atoms with E-state index in [1.54, 1.807) is 4.52 Å². The zero-order valence-electron chi connectivity index (χ0n) is 22.4. The van der Waals surface area contributed by atoms with Gasteiger partial charge in [-0.3, -0.25) is 4.79 Å². The average Bonchev–Trinajstić information content (AvgIpc) is 3.37. The van der Waals surface area contributed by atoms with Gasteiger partial charge in [0.05, 0.1) is 12.7 Å². The Balaban J connectivity index is 1.31. The predicted molar refractivity (Wildman–Crippen MR) is 149 cm³/mol. The molecule has 2 saturated carbocycles. The van der Waals surface area contributed by atoms with Crippen molar-refractivity contribution in [2.75, 3.05) is 37.3 Å². The molecule has 0 unspecified atom stereocenters. The number of anilines is 2. The summed E-state index contributed by atoms with van der Waals surface area (Å²) in [5.74, 6) is 1.50. The molecule has 3 aromatic rings. The first kappa shape index (κ1) is 25.1. The Hall–Kier alpha value is -3.20. The average molecular weight is 520 g/mol. The minimum atomic E-state index is -1.24. The third-order valence-corrected chi connectivity index (χ3v) is 8.34. The summed E-state index contributed by atoms with van der Waals surface area (Å²) in [7, 11) is 2.04. The van der Waals surface area contributed by atoms with E-state index < -0.39 is 5.67 Å². The first-order valence-corrected chi connectivity index (χ1v) is 14.1. The van der Waals surface area contributed by atoms with Crippen molar-refractivity contribution in [3.63, 3.8) is 0 Å². The number of carbonyl (C=O) groups excluding carboxylic acids is 1. The maximum atomic E-state index is 15.6. The van der Waals surface area contributed by atoms with E-state index in [0.717, 1.165) is 67.1 Å². The zero-order chi connectivity index (χ0) is 26.3. The summed E-state index contributed by atoms with van der Waals surface area (Å²) >= 11 is 0. The summed E-state index contributed by atoms with van der Waals surface area (Å²) in [6.07, 6.45) is 9.68. The standard InChI is InChI=1S/C29H38FN7O/c1-19-15-20(7-10-23(19)28(38)34-22-8-9-22)24-17-32-37-26(31-18-29(30)11-13-36(2)14-12-29)16-25(35-27(24)37)33-21-5-3-4-6-21/h7,10,15-17,21-22,31H,3-6,8-9,11-14,18H2,1-2H3,(H,33,35)(H,34,38). The number of benzene rings is 1. The van der Waals surface area contributed by atoms with Crippen molar-refractivity contribution in [1.29, 1.82) is 0 Å². The minimum absolute atomic E-state index is 0.0156. The minimum Gasteiger partial charge on any atom is -0.367 e. The second-order valence-corrected chi connectivity index (χ2v) is 11.5. The van der Waals surface area contributed by atoms with Crippen molar-refractivity contribution >= 4 is 23.2 Å².